The maximum Gasteiger partial charge on any atom is 0.407 e. The molecular formula is C16H22FIN2O2. The summed E-state index contributed by atoms with van der Waals surface area (Å²) in [6.45, 7) is 8.97. The van der Waals surface area contributed by atoms with Gasteiger partial charge in [-0.25, -0.2) is 9.18 Å². The number of benzene rings is 1. The number of hydrogen-bond donors (Lipinski definition) is 1. The molecule has 0 saturated carbocycles. The number of fused-ring (bicyclic) bond motifs is 1. The highest BCUT2D eigenvalue weighted by atomic mass is 127. The lowest BCUT2D eigenvalue weighted by Gasteiger charge is -2.26. The van der Waals surface area contributed by atoms with Gasteiger partial charge in [0, 0.05) is 24.8 Å². The second kappa shape index (κ2) is 6.60. The third-order valence-electron chi connectivity index (χ3n) is 3.37. The van der Waals surface area contributed by atoms with E-state index in [0.717, 1.165) is 24.2 Å². The number of hydrogen-bond acceptors (Lipinski definition) is 3. The zero-order valence-electron chi connectivity index (χ0n) is 13.4. The summed E-state index contributed by atoms with van der Waals surface area (Å²) in [5.74, 6) is -0.166. The second-order valence-corrected chi connectivity index (χ2v) is 7.80. The molecule has 0 aromatic heterocycles. The Bertz CT molecular complexity index is 572. The van der Waals surface area contributed by atoms with Crippen LogP contribution in [0.5, 0.6) is 0 Å². The summed E-state index contributed by atoms with van der Waals surface area (Å²) in [6, 6.07) is 3.44. The third kappa shape index (κ3) is 4.47. The molecule has 22 heavy (non-hydrogen) atoms. The van der Waals surface area contributed by atoms with E-state index in [-0.39, 0.29) is 11.9 Å². The molecule has 1 heterocycles. The summed E-state index contributed by atoms with van der Waals surface area (Å²) >= 11 is 2.00. The van der Waals surface area contributed by atoms with Gasteiger partial charge in [-0.05, 0) is 74.4 Å². The van der Waals surface area contributed by atoms with Crippen LogP contribution in [0.1, 0.15) is 33.3 Å². The lowest BCUT2D eigenvalue weighted by Crippen LogP contribution is -2.43. The number of nitrogens with zero attached hydrogens (tertiary/aromatic N) is 1. The van der Waals surface area contributed by atoms with Gasteiger partial charge in [-0.3, -0.25) is 0 Å². The van der Waals surface area contributed by atoms with Gasteiger partial charge in [0.15, 0.2) is 0 Å². The van der Waals surface area contributed by atoms with Crippen LogP contribution in [-0.4, -0.2) is 30.8 Å². The third-order valence-corrected chi connectivity index (χ3v) is 4.20. The summed E-state index contributed by atoms with van der Waals surface area (Å²) in [5.41, 5.74) is 1.59. The van der Waals surface area contributed by atoms with Gasteiger partial charge in [0.25, 0.3) is 0 Å². The molecule has 2 rings (SSSR count). The van der Waals surface area contributed by atoms with Gasteiger partial charge in [-0.2, -0.15) is 0 Å². The fraction of sp³-hybridized carbons (Fsp3) is 0.562. The number of ether oxygens (including phenoxy) is 1. The highest BCUT2D eigenvalue weighted by molar-refractivity contribution is 14.1. The second-order valence-electron chi connectivity index (χ2n) is 6.64. The Hall–Kier alpha value is -1.05. The first-order valence-corrected chi connectivity index (χ1v) is 8.46. The number of rotatable bonds is 3. The van der Waals surface area contributed by atoms with Crippen LogP contribution in [0.3, 0.4) is 0 Å². The number of amides is 1. The lowest BCUT2D eigenvalue weighted by molar-refractivity contribution is 0.0510. The van der Waals surface area contributed by atoms with E-state index in [0.29, 0.717) is 10.1 Å². The average Bonchev–Trinajstić information content (AvgIpc) is 2.70. The average molecular weight is 420 g/mol. The van der Waals surface area contributed by atoms with Crippen molar-refractivity contribution in [2.24, 2.45) is 0 Å². The van der Waals surface area contributed by atoms with Crippen molar-refractivity contribution < 1.29 is 13.9 Å². The Labute approximate surface area is 144 Å². The highest BCUT2D eigenvalue weighted by Crippen LogP contribution is 2.31. The number of anilines is 1. The van der Waals surface area contributed by atoms with Crippen molar-refractivity contribution in [2.45, 2.75) is 45.8 Å². The molecule has 1 aliphatic heterocycles. The first-order chi connectivity index (χ1) is 10.2. The van der Waals surface area contributed by atoms with Gasteiger partial charge >= 0.3 is 6.09 Å². The maximum absolute atomic E-state index is 13.6. The van der Waals surface area contributed by atoms with Gasteiger partial charge in [0.1, 0.15) is 11.4 Å². The molecule has 6 heteroatoms. The minimum atomic E-state index is -0.502. The molecule has 1 aromatic carbocycles. The van der Waals surface area contributed by atoms with E-state index in [4.69, 9.17) is 4.74 Å². The Balaban J connectivity index is 1.96. The number of carbonyl (C=O) groups excluding carboxylic acids is 1. The number of halogens is 2. The first-order valence-electron chi connectivity index (χ1n) is 7.38. The molecule has 0 unspecified atom stereocenters. The van der Waals surface area contributed by atoms with E-state index in [1.807, 2.05) is 56.4 Å². The Kier molecular flexibility index (Phi) is 5.19. The van der Waals surface area contributed by atoms with Crippen molar-refractivity contribution >= 4 is 34.4 Å². The molecule has 1 amide bonds. The summed E-state index contributed by atoms with van der Waals surface area (Å²) in [4.78, 5) is 14.0. The molecule has 0 spiro atoms. The van der Waals surface area contributed by atoms with Crippen molar-refractivity contribution in [2.75, 3.05) is 18.0 Å². The van der Waals surface area contributed by atoms with E-state index >= 15 is 0 Å². The van der Waals surface area contributed by atoms with E-state index in [2.05, 4.69) is 10.2 Å². The minimum Gasteiger partial charge on any atom is -0.444 e. The Morgan fingerprint density at radius 3 is 2.82 bits per heavy atom. The van der Waals surface area contributed by atoms with Crippen molar-refractivity contribution in [3.05, 3.63) is 27.1 Å². The van der Waals surface area contributed by atoms with Crippen LogP contribution < -0.4 is 10.2 Å². The van der Waals surface area contributed by atoms with Crippen molar-refractivity contribution in [3.63, 3.8) is 0 Å². The van der Waals surface area contributed by atoms with Crippen LogP contribution in [0.2, 0.25) is 0 Å². The fourth-order valence-corrected chi connectivity index (χ4v) is 2.97. The van der Waals surface area contributed by atoms with E-state index in [9.17, 15) is 9.18 Å². The predicted molar refractivity (Wildman–Crippen MR) is 93.9 cm³/mol. The molecule has 0 radical (unpaired) electrons. The minimum absolute atomic E-state index is 0.0523. The Morgan fingerprint density at radius 2 is 2.18 bits per heavy atom. The normalized spacial score (nSPS) is 15.5. The van der Waals surface area contributed by atoms with Crippen molar-refractivity contribution in [1.29, 1.82) is 0 Å². The SMILES string of the molecule is C[C@@H](CN1CCc2cc(F)c(I)cc21)NC(=O)OC(C)(C)C. The summed E-state index contributed by atoms with van der Waals surface area (Å²) < 4.78 is 19.5. The molecule has 1 aliphatic rings. The quantitative estimate of drug-likeness (QED) is 0.759. The number of carbonyl (C=O) groups is 1. The maximum atomic E-state index is 13.6. The van der Waals surface area contributed by atoms with Crippen LogP contribution in [0.15, 0.2) is 12.1 Å². The van der Waals surface area contributed by atoms with Crippen molar-refractivity contribution in [3.8, 4) is 0 Å². The molecule has 1 atom stereocenters. The van der Waals surface area contributed by atoms with Crippen molar-refractivity contribution in [1.82, 2.24) is 5.32 Å². The lowest BCUT2D eigenvalue weighted by atomic mass is 10.1. The highest BCUT2D eigenvalue weighted by Gasteiger charge is 2.24. The Morgan fingerprint density at radius 1 is 1.50 bits per heavy atom. The van der Waals surface area contributed by atoms with E-state index in [1.54, 1.807) is 6.07 Å². The van der Waals surface area contributed by atoms with E-state index in [1.165, 1.54) is 0 Å². The predicted octanol–water partition coefficient (Wildman–Crippen LogP) is 3.71. The molecule has 1 N–H and O–H groups in total. The smallest absolute Gasteiger partial charge is 0.407 e. The van der Waals surface area contributed by atoms with Gasteiger partial charge in [0.05, 0.1) is 3.57 Å². The van der Waals surface area contributed by atoms with Gasteiger partial charge in [-0.15, -0.1) is 0 Å². The molecule has 1 aromatic rings. The summed E-state index contributed by atoms with van der Waals surface area (Å²) in [5, 5.41) is 2.84. The number of nitrogens with one attached hydrogen (secondary N) is 1. The monoisotopic (exact) mass is 420 g/mol. The molecule has 4 nitrogen and oxygen atoms in total. The zero-order chi connectivity index (χ0) is 16.5. The first kappa shape index (κ1) is 17.3. The van der Waals surface area contributed by atoms with Crippen LogP contribution in [0.4, 0.5) is 14.9 Å². The number of alkyl carbamates (subject to hydrolysis) is 1. The molecule has 0 aliphatic carbocycles. The molecule has 0 fully saturated rings. The molecule has 0 saturated heterocycles. The molecular weight excluding hydrogens is 398 g/mol. The largest absolute Gasteiger partial charge is 0.444 e. The van der Waals surface area contributed by atoms with Crippen LogP contribution >= 0.6 is 22.6 Å². The van der Waals surface area contributed by atoms with Gasteiger partial charge < -0.3 is 15.0 Å². The van der Waals surface area contributed by atoms with Crippen LogP contribution in [-0.2, 0) is 11.2 Å². The van der Waals surface area contributed by atoms with Gasteiger partial charge in [-0.1, -0.05) is 0 Å². The van der Waals surface area contributed by atoms with Crippen LogP contribution in [0, 0.1) is 9.39 Å². The van der Waals surface area contributed by atoms with E-state index < -0.39 is 11.7 Å². The zero-order valence-corrected chi connectivity index (χ0v) is 15.5. The van der Waals surface area contributed by atoms with Crippen LogP contribution in [0.25, 0.3) is 0 Å². The van der Waals surface area contributed by atoms with Gasteiger partial charge in [0.2, 0.25) is 0 Å². The summed E-state index contributed by atoms with van der Waals surface area (Å²) in [6.07, 6.45) is 0.426. The summed E-state index contributed by atoms with van der Waals surface area (Å²) in [7, 11) is 0. The fourth-order valence-electron chi connectivity index (χ4n) is 2.52. The topological polar surface area (TPSA) is 41.6 Å². The molecule has 122 valence electrons. The molecule has 0 bridgehead atoms. The standard InChI is InChI=1S/C16H22FIN2O2/c1-10(19-15(21)22-16(2,3)4)9-20-6-5-11-7-12(17)13(18)8-14(11)20/h7-8,10H,5-6,9H2,1-4H3,(H,19,21)/t10-/m0/s1.